The van der Waals surface area contributed by atoms with Crippen LogP contribution in [0.1, 0.15) is 31.2 Å². The van der Waals surface area contributed by atoms with Gasteiger partial charge in [0.2, 0.25) is 21.8 Å². The number of alkyl halides is 3. The van der Waals surface area contributed by atoms with Crippen LogP contribution in [0, 0.1) is 16.0 Å². The van der Waals surface area contributed by atoms with Crippen LogP contribution in [0.5, 0.6) is 5.75 Å². The Bertz CT molecular complexity index is 1300. The number of nitrogens with two attached hydrogens (primary N) is 1. The first-order valence-corrected chi connectivity index (χ1v) is 14.7. The molecule has 4 rings (SSSR count). The second-order valence-electron chi connectivity index (χ2n) is 10.1. The summed E-state index contributed by atoms with van der Waals surface area (Å²) in [4.78, 5) is 22.7. The molecule has 1 aliphatic heterocycles. The summed E-state index contributed by atoms with van der Waals surface area (Å²) >= 11 is 0. The number of benzene rings is 1. The van der Waals surface area contributed by atoms with Crippen LogP contribution in [0.25, 0.3) is 0 Å². The third kappa shape index (κ3) is 7.69. The number of aromatic nitrogens is 2. The Labute approximate surface area is 230 Å². The molecule has 1 saturated carbocycles. The van der Waals surface area contributed by atoms with Gasteiger partial charge >= 0.3 is 12.0 Å². The van der Waals surface area contributed by atoms with Crippen LogP contribution in [0.3, 0.4) is 0 Å². The standard InChI is InChI=1S/C24H32F3N7O5S/c1-40(37,38)33-12-10-31(11-13-33)19-8-6-17(7-9-19)15-32(23-29-14-20(34(35)36)22(28)30-23)16-18-4-2-3-5-21(18)39-24(25,26)27/h2-5,14,17,19H,6-13,15-16H2,1H3,(H2,28,29,30). The number of sulfonamides is 1. The molecule has 2 N–H and O–H groups in total. The molecule has 2 fully saturated rings. The van der Waals surface area contributed by atoms with Gasteiger partial charge in [-0.2, -0.15) is 9.29 Å². The van der Waals surface area contributed by atoms with Crippen molar-refractivity contribution in [2.45, 2.75) is 44.6 Å². The van der Waals surface area contributed by atoms with Crippen LogP contribution >= 0.6 is 0 Å². The Morgan fingerprint density at radius 2 is 1.80 bits per heavy atom. The highest BCUT2D eigenvalue weighted by Crippen LogP contribution is 2.33. The maximum absolute atomic E-state index is 13.0. The molecule has 12 nitrogen and oxygen atoms in total. The Morgan fingerprint density at radius 3 is 2.38 bits per heavy atom. The number of hydrogen-bond donors (Lipinski definition) is 1. The summed E-state index contributed by atoms with van der Waals surface area (Å²) < 4.78 is 68.4. The number of nitrogen functional groups attached to an aromatic ring is 1. The molecule has 16 heteroatoms. The molecular weight excluding hydrogens is 555 g/mol. The Morgan fingerprint density at radius 1 is 1.15 bits per heavy atom. The maximum Gasteiger partial charge on any atom is 0.573 e. The molecule has 220 valence electrons. The number of anilines is 2. The minimum absolute atomic E-state index is 0.0309. The third-order valence-corrected chi connectivity index (χ3v) is 8.68. The Kier molecular flexibility index (Phi) is 8.99. The van der Waals surface area contributed by atoms with E-state index in [1.54, 1.807) is 11.0 Å². The van der Waals surface area contributed by atoms with Gasteiger partial charge in [0.05, 0.1) is 11.2 Å². The SMILES string of the molecule is CS(=O)(=O)N1CCN(C2CCC(CN(Cc3ccccc3OC(F)(F)F)c3ncc([N+](=O)[O-])c(N)n3)CC2)CC1. The monoisotopic (exact) mass is 587 g/mol. The van der Waals surface area contributed by atoms with Crippen molar-refractivity contribution >= 4 is 27.5 Å². The molecular formula is C24H32F3N7O5S. The molecule has 0 radical (unpaired) electrons. The minimum Gasteiger partial charge on any atom is -0.405 e. The number of nitrogens with zero attached hydrogens (tertiary/aromatic N) is 6. The topological polar surface area (TPSA) is 148 Å². The first-order valence-electron chi connectivity index (χ1n) is 12.8. The molecule has 1 aromatic heterocycles. The predicted molar refractivity (Wildman–Crippen MR) is 141 cm³/mol. The largest absolute Gasteiger partial charge is 0.573 e. The van der Waals surface area contributed by atoms with E-state index in [1.807, 2.05) is 0 Å². The first-order chi connectivity index (χ1) is 18.8. The number of piperazine rings is 1. The molecule has 40 heavy (non-hydrogen) atoms. The molecule has 0 amide bonds. The zero-order chi connectivity index (χ0) is 29.1. The average molecular weight is 588 g/mol. The summed E-state index contributed by atoms with van der Waals surface area (Å²) in [7, 11) is -3.21. The molecule has 1 aromatic carbocycles. The number of hydrogen-bond acceptors (Lipinski definition) is 10. The smallest absolute Gasteiger partial charge is 0.405 e. The number of halogens is 3. The van der Waals surface area contributed by atoms with Crippen molar-refractivity contribution < 1.29 is 31.2 Å². The molecule has 0 bridgehead atoms. The number of nitro groups is 1. The average Bonchev–Trinajstić information content (AvgIpc) is 2.88. The summed E-state index contributed by atoms with van der Waals surface area (Å²) in [5.41, 5.74) is 5.59. The summed E-state index contributed by atoms with van der Waals surface area (Å²) in [5.74, 6) is -0.461. The van der Waals surface area contributed by atoms with Gasteiger partial charge in [-0.05, 0) is 37.7 Å². The van der Waals surface area contributed by atoms with Crippen molar-refractivity contribution in [2.24, 2.45) is 5.92 Å². The van der Waals surface area contributed by atoms with Crippen molar-refractivity contribution in [1.29, 1.82) is 0 Å². The van der Waals surface area contributed by atoms with Crippen molar-refractivity contribution in [3.05, 3.63) is 46.1 Å². The zero-order valence-corrected chi connectivity index (χ0v) is 22.8. The van der Waals surface area contributed by atoms with E-state index in [0.717, 1.165) is 31.9 Å². The molecule has 1 aliphatic carbocycles. The van der Waals surface area contributed by atoms with Gasteiger partial charge in [-0.25, -0.2) is 13.4 Å². The third-order valence-electron chi connectivity index (χ3n) is 7.38. The van der Waals surface area contributed by atoms with Crippen molar-refractivity contribution in [3.63, 3.8) is 0 Å². The van der Waals surface area contributed by atoms with Crippen LogP contribution < -0.4 is 15.4 Å². The van der Waals surface area contributed by atoms with E-state index in [-0.39, 0.29) is 35.5 Å². The summed E-state index contributed by atoms with van der Waals surface area (Å²) in [6, 6.07) is 6.08. The lowest BCUT2D eigenvalue weighted by molar-refractivity contribution is -0.384. The first kappa shape index (κ1) is 29.7. The Balaban J connectivity index is 1.47. The molecule has 2 aliphatic rings. The highest BCUT2D eigenvalue weighted by Gasteiger charge is 2.34. The van der Waals surface area contributed by atoms with Crippen LogP contribution in [0.4, 0.5) is 30.6 Å². The number of ether oxygens (including phenoxy) is 1. The minimum atomic E-state index is -4.87. The predicted octanol–water partition coefficient (Wildman–Crippen LogP) is 3.01. The van der Waals surface area contributed by atoms with E-state index in [1.165, 1.54) is 28.8 Å². The number of para-hydroxylation sites is 1. The van der Waals surface area contributed by atoms with Crippen molar-refractivity contribution in [1.82, 2.24) is 19.2 Å². The molecule has 2 aromatic rings. The fraction of sp³-hybridized carbons (Fsp3) is 0.583. The molecule has 2 heterocycles. The van der Waals surface area contributed by atoms with Crippen molar-refractivity contribution in [2.75, 3.05) is 49.6 Å². The Hall–Kier alpha value is -3.24. The summed E-state index contributed by atoms with van der Waals surface area (Å²) in [5, 5.41) is 11.2. The molecule has 0 spiro atoms. The highest BCUT2D eigenvalue weighted by molar-refractivity contribution is 7.88. The van der Waals surface area contributed by atoms with E-state index in [4.69, 9.17) is 5.73 Å². The second-order valence-corrected chi connectivity index (χ2v) is 12.1. The lowest BCUT2D eigenvalue weighted by Crippen LogP contribution is -2.52. The van der Waals surface area contributed by atoms with Gasteiger partial charge in [0.15, 0.2) is 0 Å². The quantitative estimate of drug-likeness (QED) is 0.343. The van der Waals surface area contributed by atoms with Gasteiger partial charge in [0.1, 0.15) is 11.9 Å². The van der Waals surface area contributed by atoms with Gasteiger partial charge in [-0.1, -0.05) is 18.2 Å². The van der Waals surface area contributed by atoms with Gasteiger partial charge in [0, 0.05) is 50.9 Å². The zero-order valence-electron chi connectivity index (χ0n) is 22.0. The maximum atomic E-state index is 13.0. The summed E-state index contributed by atoms with van der Waals surface area (Å²) in [6.07, 6.45) is 0.766. The number of rotatable bonds is 9. The van der Waals surface area contributed by atoms with Crippen LogP contribution in [0.15, 0.2) is 30.5 Å². The molecule has 0 unspecified atom stereocenters. The fourth-order valence-electron chi connectivity index (χ4n) is 5.36. The van der Waals surface area contributed by atoms with Crippen LogP contribution in [-0.4, -0.2) is 83.9 Å². The lowest BCUT2D eigenvalue weighted by atomic mass is 9.84. The van der Waals surface area contributed by atoms with Gasteiger partial charge < -0.3 is 15.4 Å². The lowest BCUT2D eigenvalue weighted by Gasteiger charge is -2.42. The fourth-order valence-corrected chi connectivity index (χ4v) is 6.18. The van der Waals surface area contributed by atoms with Gasteiger partial charge in [0.25, 0.3) is 0 Å². The van der Waals surface area contributed by atoms with E-state index < -0.39 is 27.0 Å². The molecule has 0 atom stereocenters. The van der Waals surface area contributed by atoms with E-state index in [0.29, 0.717) is 38.8 Å². The van der Waals surface area contributed by atoms with Crippen LogP contribution in [-0.2, 0) is 16.6 Å². The van der Waals surface area contributed by atoms with Crippen LogP contribution in [0.2, 0.25) is 0 Å². The second kappa shape index (κ2) is 12.1. The highest BCUT2D eigenvalue weighted by atomic mass is 32.2. The van der Waals surface area contributed by atoms with E-state index in [2.05, 4.69) is 19.6 Å². The summed E-state index contributed by atoms with van der Waals surface area (Å²) in [6.45, 7) is 2.62. The van der Waals surface area contributed by atoms with Crippen molar-refractivity contribution in [3.8, 4) is 5.75 Å². The van der Waals surface area contributed by atoms with Gasteiger partial charge in [-0.3, -0.25) is 15.0 Å². The van der Waals surface area contributed by atoms with Gasteiger partial charge in [-0.15, -0.1) is 13.2 Å². The van der Waals surface area contributed by atoms with E-state index >= 15 is 0 Å². The van der Waals surface area contributed by atoms with E-state index in [9.17, 15) is 31.7 Å². The molecule has 1 saturated heterocycles. The normalized spacial score (nSPS) is 21.2.